The van der Waals surface area contributed by atoms with Crippen LogP contribution in [-0.2, 0) is 4.79 Å². The Kier molecular flexibility index (Phi) is 5.04. The van der Waals surface area contributed by atoms with Gasteiger partial charge < -0.3 is 10.2 Å². The van der Waals surface area contributed by atoms with Crippen molar-refractivity contribution in [3.05, 3.63) is 17.6 Å². The van der Waals surface area contributed by atoms with Gasteiger partial charge in [0, 0.05) is 49.9 Å². The molecule has 132 valence electrons. The Morgan fingerprint density at radius 1 is 1.17 bits per heavy atom. The van der Waals surface area contributed by atoms with Gasteiger partial charge in [0.1, 0.15) is 11.6 Å². The van der Waals surface area contributed by atoms with Crippen molar-refractivity contribution in [3.8, 4) is 0 Å². The fraction of sp³-hybridized carbons (Fsp3) is 0.722. The number of hydrogen-bond donors (Lipinski definition) is 1. The van der Waals surface area contributed by atoms with E-state index in [4.69, 9.17) is 4.98 Å². The minimum absolute atomic E-state index is 0.0499. The van der Waals surface area contributed by atoms with Crippen LogP contribution < -0.4 is 10.2 Å². The molecule has 1 saturated carbocycles. The van der Waals surface area contributed by atoms with Crippen LogP contribution in [0, 0.1) is 6.92 Å². The number of piperazine rings is 1. The molecule has 1 aliphatic heterocycles. The average Bonchev–Trinajstić information content (AvgIpc) is 3.37. The highest BCUT2D eigenvalue weighted by atomic mass is 16.2. The molecule has 1 amide bonds. The van der Waals surface area contributed by atoms with Gasteiger partial charge in [-0.25, -0.2) is 9.97 Å². The molecule has 0 spiro atoms. The predicted octanol–water partition coefficient (Wildman–Crippen LogP) is 1.70. The monoisotopic (exact) mass is 331 g/mol. The number of anilines is 1. The third-order valence-corrected chi connectivity index (χ3v) is 4.86. The summed E-state index contributed by atoms with van der Waals surface area (Å²) >= 11 is 0. The van der Waals surface area contributed by atoms with Crippen LogP contribution in [0.5, 0.6) is 0 Å². The highest BCUT2D eigenvalue weighted by Crippen LogP contribution is 2.21. The Labute approximate surface area is 144 Å². The molecule has 2 aliphatic rings. The molecule has 1 aromatic rings. The number of aryl methyl sites for hydroxylation is 1. The van der Waals surface area contributed by atoms with Crippen LogP contribution in [0.1, 0.15) is 51.0 Å². The highest BCUT2D eigenvalue weighted by molar-refractivity contribution is 5.81. The van der Waals surface area contributed by atoms with Crippen LogP contribution in [0.25, 0.3) is 0 Å². The number of amides is 1. The van der Waals surface area contributed by atoms with Crippen LogP contribution in [0.15, 0.2) is 6.07 Å². The zero-order chi connectivity index (χ0) is 17.3. The normalized spacial score (nSPS) is 20.3. The van der Waals surface area contributed by atoms with Crippen LogP contribution in [0.2, 0.25) is 0 Å². The lowest BCUT2D eigenvalue weighted by atomic mass is 10.2. The predicted molar refractivity (Wildman–Crippen MR) is 95.3 cm³/mol. The van der Waals surface area contributed by atoms with Crippen LogP contribution in [0.4, 0.5) is 5.82 Å². The number of aromatic nitrogens is 2. The lowest BCUT2D eigenvalue weighted by Gasteiger charge is -2.38. The molecule has 1 saturated heterocycles. The smallest absolute Gasteiger partial charge is 0.237 e. The summed E-state index contributed by atoms with van der Waals surface area (Å²) in [7, 11) is 0. The highest BCUT2D eigenvalue weighted by Gasteiger charge is 2.30. The van der Waals surface area contributed by atoms with E-state index in [0.29, 0.717) is 12.0 Å². The summed E-state index contributed by atoms with van der Waals surface area (Å²) in [5.41, 5.74) is 1.02. The zero-order valence-corrected chi connectivity index (χ0v) is 15.2. The van der Waals surface area contributed by atoms with E-state index in [1.165, 1.54) is 0 Å². The fourth-order valence-electron chi connectivity index (χ4n) is 3.05. The number of carbonyl (C=O) groups is 1. The van der Waals surface area contributed by atoms with Crippen molar-refractivity contribution in [2.24, 2.45) is 0 Å². The topological polar surface area (TPSA) is 61.4 Å². The van der Waals surface area contributed by atoms with Gasteiger partial charge in [0.15, 0.2) is 0 Å². The summed E-state index contributed by atoms with van der Waals surface area (Å²) in [6, 6.07) is 2.44. The number of carbonyl (C=O) groups excluding carboxylic acids is 1. The van der Waals surface area contributed by atoms with Gasteiger partial charge >= 0.3 is 0 Å². The van der Waals surface area contributed by atoms with E-state index in [1.54, 1.807) is 0 Å². The molecule has 24 heavy (non-hydrogen) atoms. The molecule has 1 aliphatic carbocycles. The standard InChI is InChI=1S/C18H29N5O/c1-12(2)17-19-13(3)11-16(21-17)23-9-7-22(8-10-23)14(4)18(24)20-15-5-6-15/h11-12,14-15H,5-10H2,1-4H3,(H,20,24)/t14-/m1/s1. The lowest BCUT2D eigenvalue weighted by Crippen LogP contribution is -2.54. The minimum Gasteiger partial charge on any atom is -0.354 e. The molecule has 6 heteroatoms. The number of hydrogen-bond acceptors (Lipinski definition) is 5. The van der Waals surface area contributed by atoms with Crippen molar-refractivity contribution >= 4 is 11.7 Å². The van der Waals surface area contributed by atoms with Gasteiger partial charge in [-0.2, -0.15) is 0 Å². The first kappa shape index (κ1) is 17.1. The summed E-state index contributed by atoms with van der Waals surface area (Å²) < 4.78 is 0. The summed E-state index contributed by atoms with van der Waals surface area (Å²) in [5.74, 6) is 2.42. The molecule has 2 heterocycles. The fourth-order valence-corrected chi connectivity index (χ4v) is 3.05. The zero-order valence-electron chi connectivity index (χ0n) is 15.2. The van der Waals surface area contributed by atoms with Crippen LogP contribution >= 0.6 is 0 Å². The molecule has 1 atom stereocenters. The largest absolute Gasteiger partial charge is 0.354 e. The summed E-state index contributed by atoms with van der Waals surface area (Å²) in [5, 5.41) is 3.11. The first-order chi connectivity index (χ1) is 11.4. The van der Waals surface area contributed by atoms with Gasteiger partial charge in [0.2, 0.25) is 5.91 Å². The molecule has 0 aromatic carbocycles. The maximum atomic E-state index is 12.2. The molecular formula is C18H29N5O. The molecule has 0 radical (unpaired) electrons. The van der Waals surface area contributed by atoms with Crippen molar-refractivity contribution in [1.29, 1.82) is 0 Å². The molecule has 0 unspecified atom stereocenters. The van der Waals surface area contributed by atoms with E-state index < -0.39 is 0 Å². The van der Waals surface area contributed by atoms with Crippen molar-refractivity contribution < 1.29 is 4.79 Å². The second-order valence-corrected chi connectivity index (χ2v) is 7.36. The van der Waals surface area contributed by atoms with Crippen LogP contribution in [-0.4, -0.2) is 59.0 Å². The maximum absolute atomic E-state index is 12.2. The van der Waals surface area contributed by atoms with Gasteiger partial charge in [-0.15, -0.1) is 0 Å². The Bertz CT molecular complexity index is 591. The first-order valence-electron chi connectivity index (χ1n) is 9.09. The average molecular weight is 331 g/mol. The molecule has 6 nitrogen and oxygen atoms in total. The number of nitrogens with zero attached hydrogens (tertiary/aromatic N) is 4. The van der Waals surface area contributed by atoms with Gasteiger partial charge in [-0.3, -0.25) is 9.69 Å². The molecule has 2 fully saturated rings. The molecule has 1 N–H and O–H groups in total. The Balaban J connectivity index is 1.59. The second-order valence-electron chi connectivity index (χ2n) is 7.36. The van der Waals surface area contributed by atoms with E-state index in [9.17, 15) is 4.79 Å². The SMILES string of the molecule is Cc1cc(N2CCN([C@H](C)C(=O)NC3CC3)CC2)nc(C(C)C)n1. The molecular weight excluding hydrogens is 302 g/mol. The number of rotatable bonds is 5. The quantitative estimate of drug-likeness (QED) is 0.890. The van der Waals surface area contributed by atoms with Crippen molar-refractivity contribution in [1.82, 2.24) is 20.2 Å². The van der Waals surface area contributed by atoms with E-state index in [-0.39, 0.29) is 11.9 Å². The van der Waals surface area contributed by atoms with Crippen LogP contribution in [0.3, 0.4) is 0 Å². The van der Waals surface area contributed by atoms with Crippen molar-refractivity contribution in [3.63, 3.8) is 0 Å². The maximum Gasteiger partial charge on any atom is 0.237 e. The van der Waals surface area contributed by atoms with Crippen molar-refractivity contribution in [2.45, 2.75) is 58.5 Å². The lowest BCUT2D eigenvalue weighted by molar-refractivity contribution is -0.126. The van der Waals surface area contributed by atoms with Crippen molar-refractivity contribution in [2.75, 3.05) is 31.1 Å². The van der Waals surface area contributed by atoms with Gasteiger partial charge in [-0.1, -0.05) is 13.8 Å². The first-order valence-corrected chi connectivity index (χ1v) is 9.09. The summed E-state index contributed by atoms with van der Waals surface area (Å²) in [6.07, 6.45) is 2.27. The second kappa shape index (κ2) is 7.05. The van der Waals surface area contributed by atoms with Gasteiger partial charge in [-0.05, 0) is 26.7 Å². The van der Waals surface area contributed by atoms with E-state index in [2.05, 4.69) is 40.0 Å². The van der Waals surface area contributed by atoms with Gasteiger partial charge in [0.25, 0.3) is 0 Å². The van der Waals surface area contributed by atoms with E-state index >= 15 is 0 Å². The molecule has 0 bridgehead atoms. The van der Waals surface area contributed by atoms with E-state index in [0.717, 1.165) is 56.4 Å². The Hall–Kier alpha value is -1.69. The summed E-state index contributed by atoms with van der Waals surface area (Å²) in [6.45, 7) is 11.9. The Morgan fingerprint density at radius 3 is 2.42 bits per heavy atom. The number of nitrogens with one attached hydrogen (secondary N) is 1. The van der Waals surface area contributed by atoms with E-state index in [1.807, 2.05) is 13.8 Å². The molecule has 3 rings (SSSR count). The van der Waals surface area contributed by atoms with Gasteiger partial charge in [0.05, 0.1) is 6.04 Å². The molecule has 1 aromatic heterocycles. The minimum atomic E-state index is -0.0499. The third-order valence-electron chi connectivity index (χ3n) is 4.86. The third kappa shape index (κ3) is 4.04. The Morgan fingerprint density at radius 2 is 1.83 bits per heavy atom. The summed E-state index contributed by atoms with van der Waals surface area (Å²) in [4.78, 5) is 26.1.